The highest BCUT2D eigenvalue weighted by Crippen LogP contribution is 2.35. The van der Waals surface area contributed by atoms with Gasteiger partial charge in [0.1, 0.15) is 0 Å². The Hall–Kier alpha value is -1.39. The lowest BCUT2D eigenvalue weighted by molar-refractivity contribution is 0.1000. The van der Waals surface area contributed by atoms with Gasteiger partial charge in [-0.3, -0.25) is 9.69 Å². The zero-order valence-corrected chi connectivity index (χ0v) is 12.9. The van der Waals surface area contributed by atoms with Crippen molar-refractivity contribution < 1.29 is 4.79 Å². The van der Waals surface area contributed by atoms with Crippen molar-refractivity contribution in [3.05, 3.63) is 34.9 Å². The van der Waals surface area contributed by atoms with Crippen molar-refractivity contribution in [1.29, 1.82) is 0 Å². The molecule has 21 heavy (non-hydrogen) atoms. The van der Waals surface area contributed by atoms with E-state index in [9.17, 15) is 4.79 Å². The third-order valence-corrected chi connectivity index (χ3v) is 5.24. The van der Waals surface area contributed by atoms with Gasteiger partial charge >= 0.3 is 0 Å². The molecule has 2 fully saturated rings. The number of nitrogens with zero attached hydrogens (tertiary/aromatic N) is 1. The molecule has 1 aromatic carbocycles. The Kier molecular flexibility index (Phi) is 4.00. The second-order valence-electron chi connectivity index (χ2n) is 6.49. The summed E-state index contributed by atoms with van der Waals surface area (Å²) in [4.78, 5) is 13.9. The molecule has 4 nitrogen and oxygen atoms in total. The van der Waals surface area contributed by atoms with Gasteiger partial charge in [-0.15, -0.1) is 0 Å². The Labute approximate surface area is 126 Å². The first-order valence-electron chi connectivity index (χ1n) is 7.94. The summed E-state index contributed by atoms with van der Waals surface area (Å²) in [6, 6.07) is 6.51. The predicted molar refractivity (Wildman–Crippen MR) is 84.0 cm³/mol. The molecule has 114 valence electrons. The number of amides is 1. The van der Waals surface area contributed by atoms with Crippen LogP contribution in [-0.2, 0) is 6.54 Å². The Morgan fingerprint density at radius 2 is 2.24 bits per heavy atom. The average Bonchev–Trinajstić information content (AvgIpc) is 3.00. The number of primary amides is 1. The molecule has 0 radical (unpaired) electrons. The molecule has 2 aliphatic rings. The van der Waals surface area contributed by atoms with Gasteiger partial charge in [-0.1, -0.05) is 13.0 Å². The van der Waals surface area contributed by atoms with Crippen LogP contribution in [-0.4, -0.2) is 36.5 Å². The first-order chi connectivity index (χ1) is 10.1. The van der Waals surface area contributed by atoms with E-state index in [1.165, 1.54) is 25.1 Å². The Morgan fingerprint density at radius 1 is 1.43 bits per heavy atom. The molecule has 0 aliphatic carbocycles. The molecule has 3 rings (SSSR count). The fourth-order valence-corrected chi connectivity index (χ4v) is 4.10. The van der Waals surface area contributed by atoms with Gasteiger partial charge in [0, 0.05) is 24.7 Å². The van der Waals surface area contributed by atoms with Crippen LogP contribution in [0.15, 0.2) is 18.2 Å². The Bertz CT molecular complexity index is 543. The molecule has 0 spiro atoms. The van der Waals surface area contributed by atoms with E-state index in [2.05, 4.69) is 30.1 Å². The number of benzene rings is 1. The van der Waals surface area contributed by atoms with Crippen molar-refractivity contribution in [2.45, 2.75) is 32.9 Å². The van der Waals surface area contributed by atoms with Crippen LogP contribution in [0.4, 0.5) is 0 Å². The number of aryl methyl sites for hydroxylation is 1. The van der Waals surface area contributed by atoms with Crippen LogP contribution in [0, 0.1) is 18.8 Å². The molecule has 4 heteroatoms. The van der Waals surface area contributed by atoms with Crippen LogP contribution in [0.25, 0.3) is 0 Å². The van der Waals surface area contributed by atoms with Gasteiger partial charge < -0.3 is 11.1 Å². The number of carbonyl (C=O) groups excluding carboxylic acids is 1. The number of hydrogen-bond acceptors (Lipinski definition) is 3. The van der Waals surface area contributed by atoms with Gasteiger partial charge in [0.05, 0.1) is 0 Å². The summed E-state index contributed by atoms with van der Waals surface area (Å²) >= 11 is 0. The third-order valence-electron chi connectivity index (χ3n) is 5.24. The zero-order chi connectivity index (χ0) is 15.0. The summed E-state index contributed by atoms with van der Waals surface area (Å²) in [7, 11) is 0. The SMILES string of the molecule is CCC1C2CNCC2CN1Cc1ccc(C(N)=O)cc1C. The molecule has 1 amide bonds. The summed E-state index contributed by atoms with van der Waals surface area (Å²) < 4.78 is 0. The smallest absolute Gasteiger partial charge is 0.248 e. The second kappa shape index (κ2) is 5.78. The van der Waals surface area contributed by atoms with Crippen molar-refractivity contribution in [3.8, 4) is 0 Å². The Balaban J connectivity index is 1.76. The maximum atomic E-state index is 11.2. The van der Waals surface area contributed by atoms with Crippen LogP contribution in [0.3, 0.4) is 0 Å². The number of likely N-dealkylation sites (tertiary alicyclic amines) is 1. The molecule has 3 N–H and O–H groups in total. The lowest BCUT2D eigenvalue weighted by atomic mass is 9.93. The highest BCUT2D eigenvalue weighted by Gasteiger charge is 2.42. The molecule has 3 atom stereocenters. The van der Waals surface area contributed by atoms with Crippen LogP contribution >= 0.6 is 0 Å². The quantitative estimate of drug-likeness (QED) is 0.883. The number of nitrogens with one attached hydrogen (secondary N) is 1. The highest BCUT2D eigenvalue weighted by atomic mass is 16.1. The predicted octanol–water partition coefficient (Wildman–Crippen LogP) is 1.52. The topological polar surface area (TPSA) is 58.4 Å². The second-order valence-corrected chi connectivity index (χ2v) is 6.49. The molecule has 2 aliphatic heterocycles. The van der Waals surface area contributed by atoms with Crippen molar-refractivity contribution in [3.63, 3.8) is 0 Å². The number of rotatable bonds is 4. The average molecular weight is 287 g/mol. The van der Waals surface area contributed by atoms with Crippen LogP contribution in [0.5, 0.6) is 0 Å². The van der Waals surface area contributed by atoms with E-state index >= 15 is 0 Å². The molecule has 2 heterocycles. The van der Waals surface area contributed by atoms with E-state index in [-0.39, 0.29) is 5.91 Å². The Morgan fingerprint density at radius 3 is 2.90 bits per heavy atom. The first kappa shape index (κ1) is 14.5. The summed E-state index contributed by atoms with van der Waals surface area (Å²) in [6.07, 6.45) is 1.21. The van der Waals surface area contributed by atoms with Gasteiger partial charge in [-0.25, -0.2) is 0 Å². The maximum absolute atomic E-state index is 11.2. The minimum atomic E-state index is -0.349. The minimum absolute atomic E-state index is 0.349. The van der Waals surface area contributed by atoms with E-state index < -0.39 is 0 Å². The van der Waals surface area contributed by atoms with Gasteiger partial charge in [-0.2, -0.15) is 0 Å². The standard InChI is InChI=1S/C17H25N3O/c1-3-16-15-8-19-7-14(15)10-20(16)9-13-5-4-12(17(18)21)6-11(13)2/h4-6,14-16,19H,3,7-10H2,1-2H3,(H2,18,21). The van der Waals surface area contributed by atoms with E-state index in [1.807, 2.05) is 12.1 Å². The molecular weight excluding hydrogens is 262 g/mol. The zero-order valence-electron chi connectivity index (χ0n) is 12.9. The number of fused-ring (bicyclic) bond motifs is 1. The maximum Gasteiger partial charge on any atom is 0.248 e. The van der Waals surface area contributed by atoms with Crippen LogP contribution in [0.2, 0.25) is 0 Å². The summed E-state index contributed by atoms with van der Waals surface area (Å²) in [6.45, 7) is 8.86. The lowest BCUT2D eigenvalue weighted by Gasteiger charge is -2.27. The van der Waals surface area contributed by atoms with Gasteiger partial charge in [0.25, 0.3) is 0 Å². The normalized spacial score (nSPS) is 28.8. The third kappa shape index (κ3) is 2.70. The molecule has 0 aromatic heterocycles. The fourth-order valence-electron chi connectivity index (χ4n) is 4.10. The van der Waals surface area contributed by atoms with Crippen molar-refractivity contribution in [1.82, 2.24) is 10.2 Å². The molecule has 0 saturated carbocycles. The fraction of sp³-hybridized carbons (Fsp3) is 0.588. The molecule has 1 aromatic rings. The van der Waals surface area contributed by atoms with E-state index in [4.69, 9.17) is 5.73 Å². The summed E-state index contributed by atoms with van der Waals surface area (Å²) in [5.74, 6) is 1.26. The van der Waals surface area contributed by atoms with Gasteiger partial charge in [0.2, 0.25) is 5.91 Å². The van der Waals surface area contributed by atoms with Crippen molar-refractivity contribution in [2.24, 2.45) is 17.6 Å². The number of carbonyl (C=O) groups is 1. The van der Waals surface area contributed by atoms with Gasteiger partial charge in [-0.05, 0) is 61.5 Å². The van der Waals surface area contributed by atoms with Crippen LogP contribution in [0.1, 0.15) is 34.8 Å². The number of hydrogen-bond donors (Lipinski definition) is 2. The van der Waals surface area contributed by atoms with E-state index in [1.54, 1.807) is 0 Å². The lowest BCUT2D eigenvalue weighted by Crippen LogP contribution is -2.34. The van der Waals surface area contributed by atoms with Crippen molar-refractivity contribution in [2.75, 3.05) is 19.6 Å². The van der Waals surface area contributed by atoms with Crippen LogP contribution < -0.4 is 11.1 Å². The van der Waals surface area contributed by atoms with E-state index in [0.29, 0.717) is 11.6 Å². The van der Waals surface area contributed by atoms with Crippen molar-refractivity contribution >= 4 is 5.91 Å². The monoisotopic (exact) mass is 287 g/mol. The minimum Gasteiger partial charge on any atom is -0.366 e. The molecule has 3 unspecified atom stereocenters. The highest BCUT2D eigenvalue weighted by molar-refractivity contribution is 5.93. The first-order valence-corrected chi connectivity index (χ1v) is 7.94. The molecular formula is C17H25N3O. The summed E-state index contributed by atoms with van der Waals surface area (Å²) in [5.41, 5.74) is 8.42. The summed E-state index contributed by atoms with van der Waals surface area (Å²) in [5, 5.41) is 3.53. The largest absolute Gasteiger partial charge is 0.366 e. The molecule has 2 saturated heterocycles. The number of nitrogens with two attached hydrogens (primary N) is 1. The van der Waals surface area contributed by atoms with E-state index in [0.717, 1.165) is 30.5 Å². The van der Waals surface area contributed by atoms with Gasteiger partial charge in [0.15, 0.2) is 0 Å². The molecule has 0 bridgehead atoms.